The van der Waals surface area contributed by atoms with Gasteiger partial charge < -0.3 is 4.74 Å². The molecule has 1 aromatic carbocycles. The van der Waals surface area contributed by atoms with Gasteiger partial charge in [-0.2, -0.15) is 0 Å². The predicted octanol–water partition coefficient (Wildman–Crippen LogP) is 4.73. The van der Waals surface area contributed by atoms with Gasteiger partial charge in [-0.15, -0.1) is 0 Å². The van der Waals surface area contributed by atoms with E-state index in [9.17, 15) is 0 Å². The first-order chi connectivity index (χ1) is 10.1. The normalized spacial score (nSPS) is 17.5. The number of ether oxygens (including phenoxy) is 1. The Bertz CT molecular complexity index is 675. The topological polar surface area (TPSA) is 35.0 Å². The number of para-hydroxylation sites is 1. The van der Waals surface area contributed by atoms with Gasteiger partial charge in [-0.1, -0.05) is 43.6 Å². The first kappa shape index (κ1) is 14.8. The van der Waals surface area contributed by atoms with Crippen LogP contribution in [0.2, 0.25) is 5.15 Å². The summed E-state index contributed by atoms with van der Waals surface area (Å²) in [6.45, 7) is 4.78. The van der Waals surface area contributed by atoms with E-state index in [4.69, 9.17) is 21.3 Å². The molecule has 0 spiro atoms. The summed E-state index contributed by atoms with van der Waals surface area (Å²) in [6, 6.07) is 8.11. The highest BCUT2D eigenvalue weighted by Crippen LogP contribution is 2.34. The lowest BCUT2D eigenvalue weighted by molar-refractivity contribution is 0.257. The zero-order valence-electron chi connectivity index (χ0n) is 11.9. The Balaban J connectivity index is 1.95. The average Bonchev–Trinajstić information content (AvgIpc) is 2.49. The molecule has 1 aromatic heterocycles. The number of benzene rings is 1. The van der Waals surface area contributed by atoms with Crippen LogP contribution in [0.1, 0.15) is 42.8 Å². The minimum atomic E-state index is 0.142. The predicted molar refractivity (Wildman–Crippen MR) is 87.2 cm³/mol. The van der Waals surface area contributed by atoms with Gasteiger partial charge in [-0.05, 0) is 39.9 Å². The molecule has 1 atom stereocenters. The van der Waals surface area contributed by atoms with Gasteiger partial charge in [0.15, 0.2) is 0 Å². The maximum absolute atomic E-state index is 6.24. The van der Waals surface area contributed by atoms with Crippen LogP contribution >= 0.6 is 27.5 Å². The number of rotatable bonds is 2. The molecular weight excluding hydrogens is 352 g/mol. The Morgan fingerprint density at radius 1 is 1.29 bits per heavy atom. The molecule has 0 aliphatic carbocycles. The summed E-state index contributed by atoms with van der Waals surface area (Å²) in [6.07, 6.45) is 0.881. The number of hydrogen-bond donors (Lipinski definition) is 0. The molecule has 2 aromatic rings. The van der Waals surface area contributed by atoms with Crippen molar-refractivity contribution in [2.45, 2.75) is 32.1 Å². The second kappa shape index (κ2) is 5.93. The van der Waals surface area contributed by atoms with E-state index in [-0.39, 0.29) is 11.8 Å². The van der Waals surface area contributed by atoms with E-state index in [2.05, 4.69) is 40.8 Å². The molecule has 0 saturated carbocycles. The van der Waals surface area contributed by atoms with Gasteiger partial charge >= 0.3 is 0 Å². The average molecular weight is 368 g/mol. The Hall–Kier alpha value is -1.13. The van der Waals surface area contributed by atoms with E-state index in [1.54, 1.807) is 0 Å². The second-order valence-corrected chi connectivity index (χ2v) is 6.70. The maximum Gasteiger partial charge on any atom is 0.147 e. The molecule has 0 fully saturated rings. The monoisotopic (exact) mass is 366 g/mol. The molecule has 3 nitrogen and oxygen atoms in total. The third-order valence-corrected chi connectivity index (χ3v) is 4.93. The lowest BCUT2D eigenvalue weighted by Crippen LogP contribution is -2.22. The Morgan fingerprint density at radius 2 is 2.05 bits per heavy atom. The van der Waals surface area contributed by atoms with E-state index in [1.165, 1.54) is 5.56 Å². The van der Waals surface area contributed by atoms with E-state index in [1.807, 2.05) is 18.2 Å². The molecule has 5 heteroatoms. The standard InChI is InChI=1S/C16H16BrClN2O/c1-9(2)14-13(17)15(18)20-16(19-14)11-7-10-5-3-4-6-12(10)21-8-11/h3-6,9,11H,7-8H2,1-2H3. The molecule has 0 saturated heterocycles. The summed E-state index contributed by atoms with van der Waals surface area (Å²) in [5, 5.41) is 0.475. The van der Waals surface area contributed by atoms with Crippen molar-refractivity contribution >= 4 is 27.5 Å². The fourth-order valence-corrected chi connectivity index (χ4v) is 3.33. The molecule has 1 unspecified atom stereocenters. The largest absolute Gasteiger partial charge is 0.493 e. The van der Waals surface area contributed by atoms with E-state index < -0.39 is 0 Å². The van der Waals surface area contributed by atoms with Crippen LogP contribution in [0.4, 0.5) is 0 Å². The fourth-order valence-electron chi connectivity index (χ4n) is 2.51. The van der Waals surface area contributed by atoms with Crippen LogP contribution in [0.25, 0.3) is 0 Å². The minimum absolute atomic E-state index is 0.142. The molecule has 110 valence electrons. The molecule has 0 amide bonds. The summed E-state index contributed by atoms with van der Waals surface area (Å²) >= 11 is 9.72. The molecule has 1 aliphatic heterocycles. The SMILES string of the molecule is CC(C)c1nc(C2COc3ccccc3C2)nc(Cl)c1Br. The van der Waals surface area contributed by atoms with Crippen LogP contribution in [-0.2, 0) is 6.42 Å². The van der Waals surface area contributed by atoms with Crippen molar-refractivity contribution in [1.82, 2.24) is 9.97 Å². The lowest BCUT2D eigenvalue weighted by atomic mass is 9.96. The van der Waals surface area contributed by atoms with Gasteiger partial charge in [0.25, 0.3) is 0 Å². The maximum atomic E-state index is 6.24. The molecule has 0 bridgehead atoms. The number of aromatic nitrogens is 2. The zero-order valence-corrected chi connectivity index (χ0v) is 14.3. The minimum Gasteiger partial charge on any atom is -0.493 e. The van der Waals surface area contributed by atoms with Gasteiger partial charge in [0, 0.05) is 0 Å². The van der Waals surface area contributed by atoms with Crippen LogP contribution in [0.15, 0.2) is 28.7 Å². The summed E-state index contributed by atoms with van der Waals surface area (Å²) < 4.78 is 6.62. The van der Waals surface area contributed by atoms with E-state index in [0.29, 0.717) is 11.8 Å². The number of fused-ring (bicyclic) bond motifs is 1. The number of hydrogen-bond acceptors (Lipinski definition) is 3. The van der Waals surface area contributed by atoms with Crippen LogP contribution in [0, 0.1) is 0 Å². The lowest BCUT2D eigenvalue weighted by Gasteiger charge is -2.25. The van der Waals surface area contributed by atoms with Crippen LogP contribution in [0.3, 0.4) is 0 Å². The number of nitrogens with zero attached hydrogens (tertiary/aromatic N) is 2. The highest BCUT2D eigenvalue weighted by atomic mass is 79.9. The van der Waals surface area contributed by atoms with Crippen molar-refractivity contribution in [2.24, 2.45) is 0 Å². The van der Waals surface area contributed by atoms with Crippen molar-refractivity contribution in [3.05, 3.63) is 51.0 Å². The van der Waals surface area contributed by atoms with Gasteiger partial charge in [0.05, 0.1) is 22.7 Å². The summed E-state index contributed by atoms with van der Waals surface area (Å²) in [4.78, 5) is 9.15. The highest BCUT2D eigenvalue weighted by Gasteiger charge is 2.25. The molecule has 3 rings (SSSR count). The first-order valence-corrected chi connectivity index (χ1v) is 8.17. The molecule has 0 radical (unpaired) electrons. The Labute approximate surface area is 137 Å². The molecule has 1 aliphatic rings. The smallest absolute Gasteiger partial charge is 0.147 e. The summed E-state index contributed by atoms with van der Waals surface area (Å²) in [7, 11) is 0. The van der Waals surface area contributed by atoms with Crippen molar-refractivity contribution in [1.29, 1.82) is 0 Å². The summed E-state index contributed by atoms with van der Waals surface area (Å²) in [5.41, 5.74) is 2.14. The molecule has 2 heterocycles. The third kappa shape index (κ3) is 2.92. The second-order valence-electron chi connectivity index (χ2n) is 5.55. The Morgan fingerprint density at radius 3 is 2.81 bits per heavy atom. The van der Waals surface area contributed by atoms with Gasteiger partial charge in [-0.3, -0.25) is 0 Å². The van der Waals surface area contributed by atoms with E-state index >= 15 is 0 Å². The Kier molecular flexibility index (Phi) is 4.18. The van der Waals surface area contributed by atoms with Crippen LogP contribution < -0.4 is 4.74 Å². The van der Waals surface area contributed by atoms with Crippen molar-refractivity contribution in [3.8, 4) is 5.75 Å². The number of halogens is 2. The van der Waals surface area contributed by atoms with Crippen LogP contribution in [0.5, 0.6) is 5.75 Å². The van der Waals surface area contributed by atoms with Crippen molar-refractivity contribution < 1.29 is 4.74 Å². The summed E-state index contributed by atoms with van der Waals surface area (Å²) in [5.74, 6) is 2.15. The van der Waals surface area contributed by atoms with Gasteiger partial charge in [-0.25, -0.2) is 9.97 Å². The first-order valence-electron chi connectivity index (χ1n) is 6.99. The zero-order chi connectivity index (χ0) is 15.0. The third-order valence-electron chi connectivity index (χ3n) is 3.64. The van der Waals surface area contributed by atoms with Gasteiger partial charge in [0.2, 0.25) is 0 Å². The fraction of sp³-hybridized carbons (Fsp3) is 0.375. The van der Waals surface area contributed by atoms with Crippen molar-refractivity contribution in [2.75, 3.05) is 6.61 Å². The molecule has 0 N–H and O–H groups in total. The van der Waals surface area contributed by atoms with E-state index in [0.717, 1.165) is 28.2 Å². The van der Waals surface area contributed by atoms with Gasteiger partial charge in [0.1, 0.15) is 16.7 Å². The quantitative estimate of drug-likeness (QED) is 0.719. The van der Waals surface area contributed by atoms with Crippen LogP contribution in [-0.4, -0.2) is 16.6 Å². The van der Waals surface area contributed by atoms with Crippen molar-refractivity contribution in [3.63, 3.8) is 0 Å². The molecular formula is C16H16BrClN2O. The molecule has 21 heavy (non-hydrogen) atoms. The highest BCUT2D eigenvalue weighted by molar-refractivity contribution is 9.10.